The molecule has 8 atom stereocenters. The van der Waals surface area contributed by atoms with Gasteiger partial charge in [0.1, 0.15) is 49.6 Å². The maximum absolute atomic E-state index is 11.3. The Balaban J connectivity index is -0.00000145. The van der Waals surface area contributed by atoms with Crippen molar-refractivity contribution in [2.24, 2.45) is 0 Å². The highest BCUT2D eigenvalue weighted by Gasteiger charge is 2.43. The number of hydrogen-bond donors (Lipinski definition) is 3. The van der Waals surface area contributed by atoms with Crippen LogP contribution in [0.15, 0.2) is 241 Å². The van der Waals surface area contributed by atoms with E-state index in [1.54, 1.807) is 57.6 Å². The molecule has 0 aliphatic carbocycles. The quantitative estimate of drug-likeness (QED) is 0.0142. The Bertz CT molecular complexity index is 3850. The van der Waals surface area contributed by atoms with Gasteiger partial charge in [-0.25, -0.2) is 4.79 Å². The summed E-state index contributed by atoms with van der Waals surface area (Å²) in [6.45, 7) is 95.7. The molecule has 0 saturated carbocycles. The fourth-order valence-electron chi connectivity index (χ4n) is 8.82. The lowest BCUT2D eigenvalue weighted by molar-refractivity contribution is -0.145. The molecule has 8 unspecified atom stereocenters. The van der Waals surface area contributed by atoms with Crippen molar-refractivity contribution in [1.82, 2.24) is 0 Å². The number of aliphatic hydroxyl groups is 3. The zero-order valence-electron chi connectivity index (χ0n) is 86.1. The van der Waals surface area contributed by atoms with Crippen LogP contribution in [0.5, 0.6) is 11.5 Å². The first kappa shape index (κ1) is 128. The SMILES string of the molecule is C=CC(COCc1ccc(OC)cc1)OCc1ccc(OC)cc1.C=CC(COCc1ccccc1)OCc1ccccc1.C=CC(CO[Si](C)(C)C(C)(C)C)O[Si](C)(C)C(C)(C)C.C=CC(CO[Si](C)(C)C(C)(C)C)O[Si](C)(C)C(C)(C)C.C=CC(CO[Si](C)(C)C)O[Si](C)(C)C.C=CC(O)COC(=O)CC.C=CC(O)COC(=O)c1ccccc1.C=CC(O)COC(C)=O. The number of methoxy groups -OCH3 is 2. The lowest BCUT2D eigenvalue weighted by Crippen LogP contribution is -2.47. The Hall–Kier alpha value is -7.19. The van der Waals surface area contributed by atoms with E-state index in [0.717, 1.165) is 28.2 Å². The van der Waals surface area contributed by atoms with Crippen molar-refractivity contribution in [3.63, 3.8) is 0 Å². The average Bonchev–Trinajstić information content (AvgIpc) is 0.825. The summed E-state index contributed by atoms with van der Waals surface area (Å²) in [6, 6.07) is 44.5. The molecule has 740 valence electrons. The summed E-state index contributed by atoms with van der Waals surface area (Å²) >= 11 is 0. The summed E-state index contributed by atoms with van der Waals surface area (Å²) < 4.78 is 84.1. The Morgan fingerprint density at radius 1 is 0.336 bits per heavy atom. The zero-order valence-corrected chi connectivity index (χ0v) is 92.1. The lowest BCUT2D eigenvalue weighted by Gasteiger charge is -2.41. The number of carbonyl (C=O) groups excluding carboxylic acids is 3. The van der Waals surface area contributed by atoms with Gasteiger partial charge in [0, 0.05) is 13.3 Å². The molecule has 0 radical (unpaired) electrons. The molecule has 0 aromatic heterocycles. The van der Waals surface area contributed by atoms with Crippen LogP contribution < -0.4 is 9.47 Å². The van der Waals surface area contributed by atoms with E-state index in [1.165, 1.54) is 30.7 Å². The normalized spacial score (nSPS) is 13.6. The second kappa shape index (κ2) is 66.3. The van der Waals surface area contributed by atoms with E-state index in [4.69, 9.17) is 75.0 Å². The molecule has 0 saturated heterocycles. The fraction of sp³-hybridized carbons (Fsp3) is 0.529. The van der Waals surface area contributed by atoms with Crippen molar-refractivity contribution in [3.05, 3.63) is 269 Å². The summed E-state index contributed by atoms with van der Waals surface area (Å²) in [5.74, 6) is 0.538. The van der Waals surface area contributed by atoms with E-state index >= 15 is 0 Å². The first-order valence-electron chi connectivity index (χ1n) is 44.9. The highest BCUT2D eigenvalue weighted by molar-refractivity contribution is 6.75. The van der Waals surface area contributed by atoms with Crippen LogP contribution in [-0.2, 0) is 95.7 Å². The third-order valence-corrected chi connectivity index (χ3v) is 41.3. The van der Waals surface area contributed by atoms with Crippen molar-refractivity contribution in [1.29, 1.82) is 0 Å². The molecule has 5 aromatic carbocycles. The van der Waals surface area contributed by atoms with Gasteiger partial charge in [0.15, 0.2) is 49.9 Å². The van der Waals surface area contributed by atoms with Crippen LogP contribution in [0, 0.1) is 0 Å². The molecule has 0 amide bonds. The van der Waals surface area contributed by atoms with Crippen LogP contribution in [0.1, 0.15) is 136 Å². The zero-order chi connectivity index (χ0) is 101. The smallest absolute Gasteiger partial charge is 0.338 e. The van der Waals surface area contributed by atoms with E-state index in [-0.39, 0.29) is 76.5 Å². The molecule has 27 heteroatoms. The molecule has 5 aromatic rings. The topological polar surface area (TPSA) is 250 Å². The Morgan fingerprint density at radius 2 is 0.626 bits per heavy atom. The minimum absolute atomic E-state index is 0.00116. The molecule has 0 heterocycles. The molecular weight excluding hydrogens is 1750 g/mol. The molecule has 0 aliphatic heterocycles. The van der Waals surface area contributed by atoms with Crippen molar-refractivity contribution in [2.45, 2.75) is 290 Å². The highest BCUT2D eigenvalue weighted by Crippen LogP contribution is 2.41. The predicted molar refractivity (Wildman–Crippen MR) is 557 cm³/mol. The number of benzene rings is 5. The molecule has 0 fully saturated rings. The van der Waals surface area contributed by atoms with Gasteiger partial charge in [-0.1, -0.05) is 242 Å². The molecule has 3 N–H and O–H groups in total. The standard InChI is InChI=1S/C20H24O4.C18H20O2.2C16H36O2Si2.C11H12O3.C10H24O2Si2.C7H12O3.C6H10O3/c1-4-18(24-14-17-7-11-20(22-3)12-8-17)15-23-13-16-5-9-19(21-2)10-6-16;1-2-18(20-14-17-11-7-4-8-12-17)15-19-13-16-9-5-3-6-10-16;2*1-12-14(18-20(10,11)16(5,6)7)13-17-19(8,9)15(2,3)4;1-2-10(12)8-14-11(13)9-6-4-3-5-7-9;1-8-10(12-14(5,6)7)9-11-13(2,3)4;1-3-6(8)5-10-7(9)4-2;1-3-6(8)4-9-5(2)7/h4-12,18H,1,13-15H2,2-3H3;2-12,18H,1,13-15H2;2*12,14H,1,13H2,2-11H3;2-7,10,12H,1,8H2;8,10H,1,9H2,2-7H3;3,6,8H,1,4-5H2,2H3;3,6,8H,1,4H2,2H3. The number of carbonyl (C=O) groups is 3. The second-order valence-electron chi connectivity index (χ2n) is 39.0. The maximum atomic E-state index is 11.3. The molecule has 21 nitrogen and oxygen atoms in total. The summed E-state index contributed by atoms with van der Waals surface area (Å²) in [5, 5.41) is 27.5. The molecule has 0 spiro atoms. The van der Waals surface area contributed by atoms with Gasteiger partial charge >= 0.3 is 17.9 Å². The Kier molecular flexibility index (Phi) is 64.7. The van der Waals surface area contributed by atoms with Crippen LogP contribution in [0.25, 0.3) is 0 Å². The van der Waals surface area contributed by atoms with Gasteiger partial charge in [-0.3, -0.25) is 9.59 Å². The summed E-state index contributed by atoms with van der Waals surface area (Å²) in [7, 11) is -6.56. The molecule has 131 heavy (non-hydrogen) atoms. The van der Waals surface area contributed by atoms with Crippen LogP contribution in [0.2, 0.25) is 112 Å². The minimum Gasteiger partial charge on any atom is -0.497 e. The van der Waals surface area contributed by atoms with Gasteiger partial charge in [0.2, 0.25) is 0 Å². The monoisotopic (exact) mass is 1930 g/mol. The number of esters is 3. The van der Waals surface area contributed by atoms with E-state index in [1.807, 2.05) is 133 Å². The van der Waals surface area contributed by atoms with Gasteiger partial charge in [0.25, 0.3) is 0 Å². The number of rotatable bonds is 47. The van der Waals surface area contributed by atoms with E-state index in [0.29, 0.717) is 71.4 Å². The van der Waals surface area contributed by atoms with Crippen LogP contribution in [-0.4, -0.2) is 199 Å². The number of aliphatic hydroxyl groups excluding tert-OH is 3. The average molecular weight is 1930 g/mol. The van der Waals surface area contributed by atoms with E-state index < -0.39 is 80.2 Å². The number of ether oxygens (including phenoxy) is 9. The van der Waals surface area contributed by atoms with Crippen molar-refractivity contribution in [2.75, 3.05) is 67.1 Å². The van der Waals surface area contributed by atoms with Crippen molar-refractivity contribution < 1.29 is 98.9 Å². The summed E-state index contributed by atoms with van der Waals surface area (Å²) in [5.41, 5.74) is 4.97. The number of hydrogen-bond acceptors (Lipinski definition) is 21. The van der Waals surface area contributed by atoms with Gasteiger partial charge in [0.05, 0.1) is 110 Å². The minimum atomic E-state index is -1.77. The van der Waals surface area contributed by atoms with E-state index in [9.17, 15) is 14.4 Å². The largest absolute Gasteiger partial charge is 0.497 e. The van der Waals surface area contributed by atoms with Crippen molar-refractivity contribution in [3.8, 4) is 11.5 Å². The van der Waals surface area contributed by atoms with Crippen LogP contribution >= 0.6 is 0 Å². The fourth-order valence-corrected chi connectivity index (χ4v) is 15.1. The predicted octanol–water partition coefficient (Wildman–Crippen LogP) is 24.4. The Morgan fingerprint density at radius 3 is 0.916 bits per heavy atom. The third kappa shape index (κ3) is 62.9. The van der Waals surface area contributed by atoms with Gasteiger partial charge in [-0.15, -0.1) is 52.6 Å². The first-order chi connectivity index (χ1) is 60.6. The molecular formula is C104H174O21Si6. The van der Waals surface area contributed by atoms with Crippen LogP contribution in [0.3, 0.4) is 0 Å². The molecule has 5 rings (SSSR count). The third-order valence-electron chi connectivity index (χ3n) is 21.2. The Labute approximate surface area is 799 Å². The van der Waals surface area contributed by atoms with Gasteiger partial charge < -0.3 is 84.5 Å². The van der Waals surface area contributed by atoms with Gasteiger partial charge in [-0.2, -0.15) is 0 Å². The van der Waals surface area contributed by atoms with Crippen LogP contribution in [0.4, 0.5) is 0 Å². The highest BCUT2D eigenvalue weighted by atomic mass is 28.4. The first-order valence-corrected chi connectivity index (χ1v) is 63.3. The van der Waals surface area contributed by atoms with Crippen molar-refractivity contribution >= 4 is 67.8 Å². The maximum Gasteiger partial charge on any atom is 0.338 e. The lowest BCUT2D eigenvalue weighted by atomic mass is 10.2. The second-order valence-corrected chi connectivity index (χ2v) is 67.1. The molecule has 0 aliphatic rings. The van der Waals surface area contributed by atoms with Gasteiger partial charge in [-0.05, 0) is 170 Å². The summed E-state index contributed by atoms with van der Waals surface area (Å²) in [6.07, 6.45) is 11.0. The molecule has 0 bridgehead atoms. The summed E-state index contributed by atoms with van der Waals surface area (Å²) in [4.78, 5) is 31.9. The van der Waals surface area contributed by atoms with E-state index in [2.05, 4.69) is 237 Å².